The maximum absolute atomic E-state index is 11.6. The lowest BCUT2D eigenvalue weighted by molar-refractivity contribution is 0.0518. The third-order valence-electron chi connectivity index (χ3n) is 2.92. The average molecular weight is 342 g/mol. The Labute approximate surface area is 130 Å². The van der Waals surface area contributed by atoms with Gasteiger partial charge in [-0.1, -0.05) is 41.4 Å². The maximum Gasteiger partial charge on any atom is 0.407 e. The van der Waals surface area contributed by atoms with Crippen molar-refractivity contribution in [2.75, 3.05) is 6.54 Å². The molecule has 0 aliphatic rings. The molecule has 4 heteroatoms. The molecule has 0 saturated heterocycles. The van der Waals surface area contributed by atoms with E-state index in [-0.39, 0.29) is 6.09 Å². The molecular formula is C16H24BrNO2. The predicted octanol–water partition coefficient (Wildman–Crippen LogP) is 4.54. The minimum Gasteiger partial charge on any atom is -0.444 e. The minimum atomic E-state index is -0.448. The predicted molar refractivity (Wildman–Crippen MR) is 85.9 cm³/mol. The largest absolute Gasteiger partial charge is 0.444 e. The topological polar surface area (TPSA) is 38.3 Å². The van der Waals surface area contributed by atoms with Gasteiger partial charge >= 0.3 is 6.09 Å². The summed E-state index contributed by atoms with van der Waals surface area (Å²) in [4.78, 5) is 11.6. The summed E-state index contributed by atoms with van der Waals surface area (Å²) in [5.74, 6) is 0.414. The number of rotatable bonds is 5. The summed E-state index contributed by atoms with van der Waals surface area (Å²) in [6, 6.07) is 8.29. The van der Waals surface area contributed by atoms with Crippen LogP contribution in [-0.2, 0) is 11.2 Å². The molecule has 0 radical (unpaired) electrons. The highest BCUT2D eigenvalue weighted by Gasteiger charge is 2.17. The van der Waals surface area contributed by atoms with Gasteiger partial charge in [0, 0.05) is 11.0 Å². The zero-order chi connectivity index (χ0) is 15.2. The molecule has 0 bridgehead atoms. The molecule has 20 heavy (non-hydrogen) atoms. The Kier molecular flexibility index (Phi) is 6.53. The third-order valence-corrected chi connectivity index (χ3v) is 3.42. The molecule has 0 spiro atoms. The Morgan fingerprint density at radius 2 is 2.10 bits per heavy atom. The fourth-order valence-corrected chi connectivity index (χ4v) is 2.35. The lowest BCUT2D eigenvalue weighted by atomic mass is 9.97. The molecular weight excluding hydrogens is 318 g/mol. The van der Waals surface area contributed by atoms with Crippen LogP contribution in [0.5, 0.6) is 0 Å². The highest BCUT2D eigenvalue weighted by Crippen LogP contribution is 2.16. The molecule has 1 aromatic rings. The third kappa shape index (κ3) is 6.94. The van der Waals surface area contributed by atoms with E-state index in [1.165, 1.54) is 5.56 Å². The number of benzene rings is 1. The van der Waals surface area contributed by atoms with Crippen LogP contribution in [0.2, 0.25) is 0 Å². The first kappa shape index (κ1) is 17.0. The van der Waals surface area contributed by atoms with Gasteiger partial charge in [-0.05, 0) is 50.8 Å². The Morgan fingerprint density at radius 1 is 1.40 bits per heavy atom. The van der Waals surface area contributed by atoms with Crippen LogP contribution in [0.3, 0.4) is 0 Å². The van der Waals surface area contributed by atoms with Crippen molar-refractivity contribution in [3.05, 3.63) is 34.3 Å². The van der Waals surface area contributed by atoms with E-state index in [0.717, 1.165) is 17.3 Å². The highest BCUT2D eigenvalue weighted by molar-refractivity contribution is 9.10. The Bertz CT molecular complexity index is 440. The zero-order valence-corrected chi connectivity index (χ0v) is 14.3. The molecule has 0 heterocycles. The van der Waals surface area contributed by atoms with Crippen molar-refractivity contribution >= 4 is 22.0 Å². The summed E-state index contributed by atoms with van der Waals surface area (Å²) >= 11 is 3.48. The molecule has 1 atom stereocenters. The number of carbonyl (C=O) groups is 1. The van der Waals surface area contributed by atoms with Crippen LogP contribution in [0.15, 0.2) is 28.7 Å². The SMILES string of the molecule is CCC(CNC(=O)OC(C)(C)C)Cc1cccc(Br)c1. The van der Waals surface area contributed by atoms with Crippen molar-refractivity contribution in [2.45, 2.75) is 46.1 Å². The second-order valence-electron chi connectivity index (χ2n) is 5.99. The molecule has 1 amide bonds. The molecule has 1 rings (SSSR count). The van der Waals surface area contributed by atoms with Crippen molar-refractivity contribution in [1.29, 1.82) is 0 Å². The molecule has 1 aromatic carbocycles. The van der Waals surface area contributed by atoms with Crippen LogP contribution >= 0.6 is 15.9 Å². The van der Waals surface area contributed by atoms with Gasteiger partial charge in [-0.3, -0.25) is 0 Å². The van der Waals surface area contributed by atoms with Gasteiger partial charge in [0.25, 0.3) is 0 Å². The fraction of sp³-hybridized carbons (Fsp3) is 0.562. The summed E-state index contributed by atoms with van der Waals surface area (Å²) in [7, 11) is 0. The summed E-state index contributed by atoms with van der Waals surface area (Å²) in [5, 5.41) is 2.85. The lowest BCUT2D eigenvalue weighted by Gasteiger charge is -2.21. The molecule has 1 N–H and O–H groups in total. The van der Waals surface area contributed by atoms with Gasteiger partial charge in [-0.15, -0.1) is 0 Å². The van der Waals surface area contributed by atoms with Gasteiger partial charge < -0.3 is 10.1 Å². The number of nitrogens with one attached hydrogen (secondary N) is 1. The fourth-order valence-electron chi connectivity index (χ4n) is 1.90. The molecule has 112 valence electrons. The molecule has 0 saturated carbocycles. The van der Waals surface area contributed by atoms with E-state index in [9.17, 15) is 4.79 Å². The van der Waals surface area contributed by atoms with Gasteiger partial charge in [-0.25, -0.2) is 4.79 Å². The maximum atomic E-state index is 11.6. The second-order valence-corrected chi connectivity index (χ2v) is 6.91. The van der Waals surface area contributed by atoms with Gasteiger partial charge in [0.15, 0.2) is 0 Å². The summed E-state index contributed by atoms with van der Waals surface area (Å²) in [6.45, 7) is 8.37. The summed E-state index contributed by atoms with van der Waals surface area (Å²) in [5.41, 5.74) is 0.827. The zero-order valence-electron chi connectivity index (χ0n) is 12.7. The molecule has 1 unspecified atom stereocenters. The smallest absolute Gasteiger partial charge is 0.407 e. The van der Waals surface area contributed by atoms with Crippen molar-refractivity contribution in [1.82, 2.24) is 5.32 Å². The highest BCUT2D eigenvalue weighted by atomic mass is 79.9. The van der Waals surface area contributed by atoms with Crippen LogP contribution in [0, 0.1) is 5.92 Å². The van der Waals surface area contributed by atoms with Crippen LogP contribution in [-0.4, -0.2) is 18.2 Å². The monoisotopic (exact) mass is 341 g/mol. The first-order valence-corrected chi connectivity index (χ1v) is 7.80. The molecule has 0 aliphatic heterocycles. The Hall–Kier alpha value is -1.03. The van der Waals surface area contributed by atoms with Crippen LogP contribution in [0.4, 0.5) is 4.79 Å². The van der Waals surface area contributed by atoms with Crippen molar-refractivity contribution in [3.63, 3.8) is 0 Å². The summed E-state index contributed by atoms with van der Waals surface area (Å²) < 4.78 is 6.33. The Balaban J connectivity index is 2.46. The minimum absolute atomic E-state index is 0.342. The molecule has 3 nitrogen and oxygen atoms in total. The second kappa shape index (κ2) is 7.67. The number of halogens is 1. The van der Waals surface area contributed by atoms with Gasteiger partial charge in [0.2, 0.25) is 0 Å². The first-order chi connectivity index (χ1) is 9.30. The van der Waals surface area contributed by atoms with E-state index in [1.807, 2.05) is 32.9 Å². The van der Waals surface area contributed by atoms with Gasteiger partial charge in [0.1, 0.15) is 5.60 Å². The quantitative estimate of drug-likeness (QED) is 0.853. The van der Waals surface area contributed by atoms with E-state index in [2.05, 4.69) is 40.3 Å². The van der Waals surface area contributed by atoms with Gasteiger partial charge in [-0.2, -0.15) is 0 Å². The molecule has 0 fully saturated rings. The number of amides is 1. The van der Waals surface area contributed by atoms with Crippen molar-refractivity contribution in [3.8, 4) is 0 Å². The van der Waals surface area contributed by atoms with Crippen LogP contribution < -0.4 is 5.32 Å². The summed E-state index contributed by atoms with van der Waals surface area (Å²) in [6.07, 6.45) is 1.62. The van der Waals surface area contributed by atoms with E-state index in [1.54, 1.807) is 0 Å². The normalized spacial score (nSPS) is 12.8. The van der Waals surface area contributed by atoms with Gasteiger partial charge in [0.05, 0.1) is 0 Å². The average Bonchev–Trinajstić information content (AvgIpc) is 2.32. The number of carbonyl (C=O) groups excluding carboxylic acids is 1. The molecule has 0 aromatic heterocycles. The van der Waals surface area contributed by atoms with Crippen LogP contribution in [0.1, 0.15) is 39.7 Å². The number of alkyl carbamates (subject to hydrolysis) is 1. The van der Waals surface area contributed by atoms with E-state index >= 15 is 0 Å². The van der Waals surface area contributed by atoms with E-state index in [0.29, 0.717) is 12.5 Å². The van der Waals surface area contributed by atoms with Crippen molar-refractivity contribution in [2.24, 2.45) is 5.92 Å². The Morgan fingerprint density at radius 3 is 2.65 bits per heavy atom. The number of hydrogen-bond donors (Lipinski definition) is 1. The first-order valence-electron chi connectivity index (χ1n) is 7.01. The standard InChI is InChI=1S/C16H24BrNO2/c1-5-12(9-13-7-6-8-14(17)10-13)11-18-15(19)20-16(2,3)4/h6-8,10,12H,5,9,11H2,1-4H3,(H,18,19). The van der Waals surface area contributed by atoms with Crippen LogP contribution in [0.25, 0.3) is 0 Å². The lowest BCUT2D eigenvalue weighted by Crippen LogP contribution is -2.35. The van der Waals surface area contributed by atoms with E-state index < -0.39 is 5.60 Å². The van der Waals surface area contributed by atoms with Crippen molar-refractivity contribution < 1.29 is 9.53 Å². The number of ether oxygens (including phenoxy) is 1. The van der Waals surface area contributed by atoms with E-state index in [4.69, 9.17) is 4.74 Å². The number of hydrogen-bond acceptors (Lipinski definition) is 2. The molecule has 0 aliphatic carbocycles.